The third-order valence-corrected chi connectivity index (χ3v) is 3.55. The van der Waals surface area contributed by atoms with Gasteiger partial charge in [-0.25, -0.2) is 0 Å². The van der Waals surface area contributed by atoms with Crippen molar-refractivity contribution in [3.05, 3.63) is 90.3 Å². The maximum absolute atomic E-state index is 5.88. The summed E-state index contributed by atoms with van der Waals surface area (Å²) in [5.74, 6) is 0.804. The lowest BCUT2D eigenvalue weighted by Crippen LogP contribution is -1.92. The largest absolute Gasteiger partial charge is 0.488 e. The number of ether oxygens (including phenoxy) is 1. The van der Waals surface area contributed by atoms with Gasteiger partial charge >= 0.3 is 0 Å². The Morgan fingerprint density at radius 3 is 2.67 bits per heavy atom. The minimum Gasteiger partial charge on any atom is -0.488 e. The second-order valence-electron chi connectivity index (χ2n) is 4.90. The van der Waals surface area contributed by atoms with Crippen LogP contribution in [0.1, 0.15) is 30.9 Å². The molecule has 1 nitrogen and oxygen atoms in total. The summed E-state index contributed by atoms with van der Waals surface area (Å²) in [5.41, 5.74) is 4.64. The van der Waals surface area contributed by atoms with Crippen molar-refractivity contribution in [3.63, 3.8) is 0 Å². The molecule has 0 atom stereocenters. The smallest absolute Gasteiger partial charge is 0.127 e. The molecule has 108 valence electrons. The van der Waals surface area contributed by atoms with Crippen molar-refractivity contribution < 1.29 is 4.74 Å². The van der Waals surface area contributed by atoms with E-state index in [-0.39, 0.29) is 0 Å². The van der Waals surface area contributed by atoms with Crippen LogP contribution >= 0.6 is 0 Å². The van der Waals surface area contributed by atoms with Crippen LogP contribution in [-0.4, -0.2) is 0 Å². The van der Waals surface area contributed by atoms with Gasteiger partial charge in [-0.05, 0) is 42.5 Å². The number of hydrogen-bond donors (Lipinski definition) is 0. The van der Waals surface area contributed by atoms with Crippen molar-refractivity contribution >= 4 is 5.57 Å². The molecule has 0 bridgehead atoms. The molecule has 0 amide bonds. The van der Waals surface area contributed by atoms with Gasteiger partial charge in [0.2, 0.25) is 0 Å². The Bertz CT molecular complexity index is 614. The summed E-state index contributed by atoms with van der Waals surface area (Å²) in [5, 5.41) is 0. The third-order valence-electron chi connectivity index (χ3n) is 3.55. The van der Waals surface area contributed by atoms with Gasteiger partial charge in [-0.15, -0.1) is 0 Å². The zero-order valence-corrected chi connectivity index (χ0v) is 12.6. The van der Waals surface area contributed by atoms with Crippen molar-refractivity contribution in [1.82, 2.24) is 0 Å². The SMILES string of the molecule is C=CC1=C(C=C)/C(=C/CC/C=C/C)c2ccccc2CO1. The van der Waals surface area contributed by atoms with E-state index in [1.807, 2.05) is 19.1 Å². The van der Waals surface area contributed by atoms with E-state index in [0.717, 1.165) is 24.2 Å². The third kappa shape index (κ3) is 3.43. The molecule has 1 aromatic rings. The Labute approximate surface area is 127 Å². The average molecular weight is 278 g/mol. The number of benzene rings is 1. The first-order valence-electron chi connectivity index (χ1n) is 7.33. The highest BCUT2D eigenvalue weighted by atomic mass is 16.5. The number of unbranched alkanes of at least 4 members (excludes halogenated alkanes) is 1. The molecule has 1 heterocycles. The van der Waals surface area contributed by atoms with Crippen molar-refractivity contribution in [1.29, 1.82) is 0 Å². The van der Waals surface area contributed by atoms with Crippen molar-refractivity contribution in [2.75, 3.05) is 0 Å². The topological polar surface area (TPSA) is 9.23 Å². The lowest BCUT2D eigenvalue weighted by Gasteiger charge is -2.10. The van der Waals surface area contributed by atoms with E-state index in [4.69, 9.17) is 4.74 Å². The highest BCUT2D eigenvalue weighted by Gasteiger charge is 2.17. The molecule has 0 saturated carbocycles. The molecule has 0 unspecified atom stereocenters. The predicted molar refractivity (Wildman–Crippen MR) is 90.7 cm³/mol. The van der Waals surface area contributed by atoms with Gasteiger partial charge in [-0.2, -0.15) is 0 Å². The Kier molecular flexibility index (Phi) is 5.39. The molecule has 1 heteroatoms. The highest BCUT2D eigenvalue weighted by molar-refractivity contribution is 5.84. The molecule has 1 aliphatic rings. The van der Waals surface area contributed by atoms with E-state index < -0.39 is 0 Å². The maximum atomic E-state index is 5.88. The number of hydrogen-bond acceptors (Lipinski definition) is 1. The minimum atomic E-state index is 0.571. The molecular weight excluding hydrogens is 256 g/mol. The molecular formula is C20H22O. The van der Waals surface area contributed by atoms with Crippen LogP contribution in [0.4, 0.5) is 0 Å². The van der Waals surface area contributed by atoms with Gasteiger partial charge in [0.25, 0.3) is 0 Å². The number of fused-ring (bicyclic) bond motifs is 1. The van der Waals surface area contributed by atoms with E-state index in [9.17, 15) is 0 Å². The molecule has 0 radical (unpaired) electrons. The first kappa shape index (κ1) is 15.1. The molecule has 1 aromatic carbocycles. The van der Waals surface area contributed by atoms with Gasteiger partial charge < -0.3 is 4.74 Å². The van der Waals surface area contributed by atoms with Crippen molar-refractivity contribution in [3.8, 4) is 0 Å². The summed E-state index contributed by atoms with van der Waals surface area (Å²) >= 11 is 0. The summed E-state index contributed by atoms with van der Waals surface area (Å²) in [6.07, 6.45) is 12.2. The Morgan fingerprint density at radius 2 is 1.95 bits per heavy atom. The summed E-state index contributed by atoms with van der Waals surface area (Å²) < 4.78 is 5.88. The van der Waals surface area contributed by atoms with Crippen molar-refractivity contribution in [2.24, 2.45) is 0 Å². The Morgan fingerprint density at radius 1 is 1.14 bits per heavy atom. The van der Waals surface area contributed by atoms with Gasteiger partial charge in [0.1, 0.15) is 12.4 Å². The normalized spacial score (nSPS) is 16.5. The van der Waals surface area contributed by atoms with Crippen molar-refractivity contribution in [2.45, 2.75) is 26.4 Å². The summed E-state index contributed by atoms with van der Waals surface area (Å²) in [7, 11) is 0. The van der Waals surface area contributed by atoms with Crippen LogP contribution in [-0.2, 0) is 11.3 Å². The van der Waals surface area contributed by atoms with Gasteiger partial charge in [-0.1, -0.05) is 61.7 Å². The molecule has 0 saturated heterocycles. The van der Waals surface area contributed by atoms with Gasteiger partial charge in [0.05, 0.1) is 0 Å². The van der Waals surface area contributed by atoms with E-state index in [2.05, 4.69) is 49.6 Å². The van der Waals surface area contributed by atoms with Crippen LogP contribution in [0.3, 0.4) is 0 Å². The fourth-order valence-electron chi connectivity index (χ4n) is 2.51. The second kappa shape index (κ2) is 7.49. The lowest BCUT2D eigenvalue weighted by atomic mass is 9.92. The van der Waals surface area contributed by atoms with Crippen LogP contribution in [0.25, 0.3) is 5.57 Å². The van der Waals surface area contributed by atoms with E-state index >= 15 is 0 Å². The average Bonchev–Trinajstić information content (AvgIpc) is 2.68. The molecule has 0 aliphatic carbocycles. The quantitative estimate of drug-likeness (QED) is 0.504. The summed E-state index contributed by atoms with van der Waals surface area (Å²) in [6, 6.07) is 8.38. The molecule has 0 aromatic heterocycles. The molecule has 0 spiro atoms. The number of allylic oxidation sites excluding steroid dienone is 7. The minimum absolute atomic E-state index is 0.571. The first-order valence-corrected chi connectivity index (χ1v) is 7.33. The molecule has 0 fully saturated rings. The Hall–Kier alpha value is -2.28. The van der Waals surface area contributed by atoms with E-state index in [1.54, 1.807) is 6.08 Å². The summed E-state index contributed by atoms with van der Waals surface area (Å²) in [6.45, 7) is 10.4. The van der Waals surface area contributed by atoms with Gasteiger partial charge in [0, 0.05) is 5.57 Å². The van der Waals surface area contributed by atoms with Gasteiger partial charge in [-0.3, -0.25) is 0 Å². The van der Waals surface area contributed by atoms with Crippen LogP contribution in [0.15, 0.2) is 79.1 Å². The maximum Gasteiger partial charge on any atom is 0.127 e. The van der Waals surface area contributed by atoms with Crippen LogP contribution in [0, 0.1) is 0 Å². The zero-order chi connectivity index (χ0) is 15.1. The second-order valence-corrected chi connectivity index (χ2v) is 4.90. The van der Waals surface area contributed by atoms with Gasteiger partial charge in [0.15, 0.2) is 0 Å². The molecule has 1 aliphatic heterocycles. The van der Waals surface area contributed by atoms with E-state index in [0.29, 0.717) is 6.61 Å². The standard InChI is InChI=1S/C20H22O/c1-4-7-8-9-14-19-17(5-2)20(6-3)21-15-16-12-10-11-13-18(16)19/h4-7,10-14H,2-3,8-9,15H2,1H3/b7-4+,19-14-. The van der Waals surface area contributed by atoms with Crippen LogP contribution in [0.2, 0.25) is 0 Å². The molecule has 0 N–H and O–H groups in total. The van der Waals surface area contributed by atoms with Crippen LogP contribution < -0.4 is 0 Å². The molecule has 21 heavy (non-hydrogen) atoms. The monoisotopic (exact) mass is 278 g/mol. The zero-order valence-electron chi connectivity index (χ0n) is 12.6. The lowest BCUT2D eigenvalue weighted by molar-refractivity contribution is 0.211. The summed E-state index contributed by atoms with van der Waals surface area (Å²) in [4.78, 5) is 0. The molecule has 2 rings (SSSR count). The Balaban J connectivity index is 2.50. The first-order chi connectivity index (χ1) is 10.3. The van der Waals surface area contributed by atoms with E-state index in [1.165, 1.54) is 16.7 Å². The fraction of sp³-hybridized carbons (Fsp3) is 0.200. The number of rotatable bonds is 5. The highest BCUT2D eigenvalue weighted by Crippen LogP contribution is 2.34. The van der Waals surface area contributed by atoms with Crippen LogP contribution in [0.5, 0.6) is 0 Å². The predicted octanol–water partition coefficient (Wildman–Crippen LogP) is 5.58. The fourth-order valence-corrected chi connectivity index (χ4v) is 2.51.